The molecule has 0 bridgehead atoms. The molecular formula is C17H23N3. The molecule has 0 atom stereocenters. The zero-order valence-electron chi connectivity index (χ0n) is 12.6. The minimum atomic E-state index is 0.854. The van der Waals surface area contributed by atoms with Gasteiger partial charge in [-0.15, -0.1) is 0 Å². The smallest absolute Gasteiger partial charge is 0.137 e. The molecule has 1 aromatic carbocycles. The minimum absolute atomic E-state index is 0.854. The fourth-order valence-electron chi connectivity index (χ4n) is 2.32. The van der Waals surface area contributed by atoms with Crippen molar-refractivity contribution in [1.82, 2.24) is 10.3 Å². The van der Waals surface area contributed by atoms with Gasteiger partial charge in [-0.05, 0) is 37.6 Å². The Morgan fingerprint density at radius 2 is 1.95 bits per heavy atom. The highest BCUT2D eigenvalue weighted by molar-refractivity contribution is 5.65. The van der Waals surface area contributed by atoms with Gasteiger partial charge >= 0.3 is 0 Å². The first-order valence-electron chi connectivity index (χ1n) is 7.18. The summed E-state index contributed by atoms with van der Waals surface area (Å²) in [5.41, 5.74) is 3.68. The first-order chi connectivity index (χ1) is 9.74. The first-order valence-corrected chi connectivity index (χ1v) is 7.18. The average molecular weight is 269 g/mol. The second-order valence-electron chi connectivity index (χ2n) is 5.01. The van der Waals surface area contributed by atoms with Gasteiger partial charge in [-0.3, -0.25) is 0 Å². The maximum Gasteiger partial charge on any atom is 0.137 e. The van der Waals surface area contributed by atoms with Gasteiger partial charge in [0, 0.05) is 31.0 Å². The molecule has 1 N–H and O–H groups in total. The molecule has 0 aliphatic heterocycles. The molecule has 0 aliphatic carbocycles. The number of benzene rings is 1. The standard InChI is InChI=1S/C17H23N3/c1-4-11-18-13-15-9-7-12-19-17(15)20(3)16-10-6-5-8-14(16)2/h5-10,12,18H,4,11,13H2,1-3H3. The van der Waals surface area contributed by atoms with E-state index in [0.29, 0.717) is 0 Å². The molecule has 1 aromatic heterocycles. The van der Waals surface area contributed by atoms with E-state index in [0.717, 1.165) is 25.3 Å². The lowest BCUT2D eigenvalue weighted by Gasteiger charge is -2.23. The number of nitrogens with zero attached hydrogens (tertiary/aromatic N) is 2. The Morgan fingerprint density at radius 3 is 2.70 bits per heavy atom. The molecule has 1 heterocycles. The molecule has 3 nitrogen and oxygen atoms in total. The molecular weight excluding hydrogens is 246 g/mol. The molecule has 0 amide bonds. The van der Waals surface area contributed by atoms with Crippen LogP contribution in [0.2, 0.25) is 0 Å². The highest BCUT2D eigenvalue weighted by atomic mass is 15.2. The number of rotatable bonds is 6. The Kier molecular flexibility index (Phi) is 5.13. The summed E-state index contributed by atoms with van der Waals surface area (Å²) in [6, 6.07) is 12.5. The second-order valence-corrected chi connectivity index (χ2v) is 5.01. The van der Waals surface area contributed by atoms with Crippen molar-refractivity contribution in [1.29, 1.82) is 0 Å². The van der Waals surface area contributed by atoms with Gasteiger partial charge in [0.05, 0.1) is 0 Å². The molecule has 0 spiro atoms. The summed E-state index contributed by atoms with van der Waals surface area (Å²) < 4.78 is 0. The van der Waals surface area contributed by atoms with Crippen LogP contribution in [0, 0.1) is 6.92 Å². The largest absolute Gasteiger partial charge is 0.329 e. The van der Waals surface area contributed by atoms with Gasteiger partial charge in [-0.2, -0.15) is 0 Å². The van der Waals surface area contributed by atoms with E-state index >= 15 is 0 Å². The van der Waals surface area contributed by atoms with Crippen LogP contribution in [-0.4, -0.2) is 18.6 Å². The minimum Gasteiger partial charge on any atom is -0.329 e. The van der Waals surface area contributed by atoms with Crippen molar-refractivity contribution in [2.45, 2.75) is 26.8 Å². The van der Waals surface area contributed by atoms with Crippen LogP contribution in [0.15, 0.2) is 42.6 Å². The van der Waals surface area contributed by atoms with Crippen LogP contribution in [0.25, 0.3) is 0 Å². The van der Waals surface area contributed by atoms with Gasteiger partial charge in [0.1, 0.15) is 5.82 Å². The summed E-state index contributed by atoms with van der Waals surface area (Å²) in [6.07, 6.45) is 3.00. The molecule has 0 aliphatic rings. The number of anilines is 2. The number of nitrogens with one attached hydrogen (secondary N) is 1. The highest BCUT2D eigenvalue weighted by Crippen LogP contribution is 2.27. The zero-order valence-corrected chi connectivity index (χ0v) is 12.6. The Morgan fingerprint density at radius 1 is 1.15 bits per heavy atom. The van der Waals surface area contributed by atoms with Crippen molar-refractivity contribution in [3.05, 3.63) is 53.7 Å². The lowest BCUT2D eigenvalue weighted by Crippen LogP contribution is -2.19. The van der Waals surface area contributed by atoms with E-state index in [-0.39, 0.29) is 0 Å². The summed E-state index contributed by atoms with van der Waals surface area (Å²) in [7, 11) is 2.08. The first kappa shape index (κ1) is 14.5. The molecule has 2 aromatic rings. The number of pyridine rings is 1. The van der Waals surface area contributed by atoms with Crippen LogP contribution in [0.1, 0.15) is 24.5 Å². The third kappa shape index (κ3) is 3.36. The van der Waals surface area contributed by atoms with Gasteiger partial charge in [0.2, 0.25) is 0 Å². The molecule has 0 saturated heterocycles. The van der Waals surface area contributed by atoms with E-state index in [9.17, 15) is 0 Å². The molecule has 20 heavy (non-hydrogen) atoms. The van der Waals surface area contributed by atoms with Gasteiger partial charge in [-0.25, -0.2) is 4.98 Å². The van der Waals surface area contributed by atoms with Crippen molar-refractivity contribution >= 4 is 11.5 Å². The van der Waals surface area contributed by atoms with E-state index in [1.165, 1.54) is 16.8 Å². The van der Waals surface area contributed by atoms with Crippen LogP contribution in [0.3, 0.4) is 0 Å². The van der Waals surface area contributed by atoms with E-state index < -0.39 is 0 Å². The molecule has 0 saturated carbocycles. The van der Waals surface area contributed by atoms with E-state index in [2.05, 4.69) is 66.4 Å². The molecule has 0 unspecified atom stereocenters. The van der Waals surface area contributed by atoms with Crippen LogP contribution in [-0.2, 0) is 6.54 Å². The quantitative estimate of drug-likeness (QED) is 0.811. The zero-order chi connectivity index (χ0) is 14.4. The van der Waals surface area contributed by atoms with Gasteiger partial charge in [0.15, 0.2) is 0 Å². The summed E-state index contributed by atoms with van der Waals surface area (Å²) in [5, 5.41) is 3.45. The Balaban J connectivity index is 2.25. The number of para-hydroxylation sites is 1. The van der Waals surface area contributed by atoms with E-state index in [1.54, 1.807) is 0 Å². The Bertz CT molecular complexity index is 551. The number of hydrogen-bond acceptors (Lipinski definition) is 3. The number of hydrogen-bond donors (Lipinski definition) is 1. The van der Waals surface area contributed by atoms with Gasteiger partial charge in [0.25, 0.3) is 0 Å². The maximum absolute atomic E-state index is 4.56. The van der Waals surface area contributed by atoms with E-state index in [1.807, 2.05) is 12.3 Å². The summed E-state index contributed by atoms with van der Waals surface area (Å²) >= 11 is 0. The lowest BCUT2D eigenvalue weighted by atomic mass is 10.1. The van der Waals surface area contributed by atoms with Crippen molar-refractivity contribution < 1.29 is 0 Å². The third-order valence-electron chi connectivity index (χ3n) is 3.40. The Hall–Kier alpha value is -1.87. The fourth-order valence-corrected chi connectivity index (χ4v) is 2.32. The second kappa shape index (κ2) is 7.06. The summed E-state index contributed by atoms with van der Waals surface area (Å²) in [4.78, 5) is 6.73. The van der Waals surface area contributed by atoms with Gasteiger partial charge in [-0.1, -0.05) is 31.2 Å². The molecule has 0 fully saturated rings. The summed E-state index contributed by atoms with van der Waals surface area (Å²) in [6.45, 7) is 6.19. The predicted octanol–water partition coefficient (Wildman–Crippen LogP) is 3.66. The number of aryl methyl sites for hydroxylation is 1. The van der Waals surface area contributed by atoms with Crippen molar-refractivity contribution in [3.63, 3.8) is 0 Å². The van der Waals surface area contributed by atoms with Crippen LogP contribution in [0.4, 0.5) is 11.5 Å². The van der Waals surface area contributed by atoms with Crippen molar-refractivity contribution in [2.24, 2.45) is 0 Å². The number of aromatic nitrogens is 1. The van der Waals surface area contributed by atoms with Crippen LogP contribution < -0.4 is 10.2 Å². The molecule has 106 valence electrons. The predicted molar refractivity (Wildman–Crippen MR) is 85.5 cm³/mol. The third-order valence-corrected chi connectivity index (χ3v) is 3.40. The SMILES string of the molecule is CCCNCc1cccnc1N(C)c1ccccc1C. The van der Waals surface area contributed by atoms with Gasteiger partial charge < -0.3 is 10.2 Å². The summed E-state index contributed by atoms with van der Waals surface area (Å²) in [5.74, 6) is 1.02. The van der Waals surface area contributed by atoms with Crippen LogP contribution >= 0.6 is 0 Å². The monoisotopic (exact) mass is 269 g/mol. The van der Waals surface area contributed by atoms with Crippen LogP contribution in [0.5, 0.6) is 0 Å². The van der Waals surface area contributed by atoms with E-state index in [4.69, 9.17) is 0 Å². The average Bonchev–Trinajstić information content (AvgIpc) is 2.48. The lowest BCUT2D eigenvalue weighted by molar-refractivity contribution is 0.673. The Labute approximate surface area is 121 Å². The van der Waals surface area contributed by atoms with Crippen molar-refractivity contribution in [3.8, 4) is 0 Å². The fraction of sp³-hybridized carbons (Fsp3) is 0.353. The molecule has 3 heteroatoms. The highest BCUT2D eigenvalue weighted by Gasteiger charge is 2.11. The maximum atomic E-state index is 4.56. The molecule has 0 radical (unpaired) electrons. The normalized spacial score (nSPS) is 10.6. The topological polar surface area (TPSA) is 28.2 Å². The molecule has 2 rings (SSSR count). The van der Waals surface area contributed by atoms with Crippen molar-refractivity contribution in [2.75, 3.05) is 18.5 Å².